The van der Waals surface area contributed by atoms with Gasteiger partial charge in [0.25, 0.3) is 0 Å². The predicted octanol–water partition coefficient (Wildman–Crippen LogP) is 1.07. The minimum Gasteiger partial charge on any atom is -0.497 e. The number of aryl methyl sites for hydroxylation is 1. The first-order chi connectivity index (χ1) is 8.69. The van der Waals surface area contributed by atoms with Gasteiger partial charge in [-0.05, 0) is 29.8 Å². The van der Waals surface area contributed by atoms with E-state index < -0.39 is 0 Å². The van der Waals surface area contributed by atoms with Gasteiger partial charge >= 0.3 is 0 Å². The second-order valence-corrected chi connectivity index (χ2v) is 4.07. The van der Waals surface area contributed by atoms with Crippen molar-refractivity contribution < 1.29 is 4.74 Å². The Hall–Kier alpha value is -1.95. The summed E-state index contributed by atoms with van der Waals surface area (Å²) in [6.07, 6.45) is 0. The molecule has 0 aliphatic heterocycles. The zero-order valence-electron chi connectivity index (χ0n) is 10.8. The van der Waals surface area contributed by atoms with Crippen LogP contribution in [0.2, 0.25) is 0 Å². The summed E-state index contributed by atoms with van der Waals surface area (Å²) in [6.45, 7) is 2.68. The number of benzene rings is 1. The van der Waals surface area contributed by atoms with Gasteiger partial charge in [0.05, 0.1) is 20.7 Å². The molecule has 0 saturated heterocycles. The molecule has 1 heterocycles. The lowest BCUT2D eigenvalue weighted by Gasteiger charge is -2.13. The molecule has 0 radical (unpaired) electrons. The van der Waals surface area contributed by atoms with Gasteiger partial charge in [0.15, 0.2) is 5.82 Å². The van der Waals surface area contributed by atoms with Crippen LogP contribution < -0.4 is 10.1 Å². The molecule has 0 unspecified atom stereocenters. The van der Waals surface area contributed by atoms with E-state index in [1.807, 2.05) is 18.2 Å². The summed E-state index contributed by atoms with van der Waals surface area (Å²) in [4.78, 5) is 1.45. The number of rotatable bonds is 5. The van der Waals surface area contributed by atoms with Crippen LogP contribution in [0.1, 0.15) is 24.4 Å². The zero-order valence-corrected chi connectivity index (χ0v) is 10.8. The van der Waals surface area contributed by atoms with E-state index in [-0.39, 0.29) is 6.04 Å². The summed E-state index contributed by atoms with van der Waals surface area (Å²) in [5, 5.41) is 15.2. The van der Waals surface area contributed by atoms with Crippen molar-refractivity contribution in [1.29, 1.82) is 0 Å². The standard InChI is InChI=1S/C12H17N5O/c1-9(10-5-4-6-11(7-10)18-3)13-8-12-14-16-17(2)15-12/h4-7,9,13H,8H2,1-3H3/t9-/m1/s1. The Morgan fingerprint density at radius 1 is 1.44 bits per heavy atom. The maximum Gasteiger partial charge on any atom is 0.188 e. The van der Waals surface area contributed by atoms with Crippen LogP contribution in [0.3, 0.4) is 0 Å². The van der Waals surface area contributed by atoms with Gasteiger partial charge in [-0.2, -0.15) is 4.80 Å². The van der Waals surface area contributed by atoms with E-state index in [0.717, 1.165) is 5.75 Å². The number of hydrogen-bond acceptors (Lipinski definition) is 5. The van der Waals surface area contributed by atoms with Gasteiger partial charge in [-0.15, -0.1) is 10.2 Å². The smallest absolute Gasteiger partial charge is 0.188 e. The highest BCUT2D eigenvalue weighted by Crippen LogP contribution is 2.18. The van der Waals surface area contributed by atoms with Crippen LogP contribution in [0.5, 0.6) is 5.75 Å². The van der Waals surface area contributed by atoms with Crippen LogP contribution in [0.15, 0.2) is 24.3 Å². The van der Waals surface area contributed by atoms with Crippen molar-refractivity contribution in [2.45, 2.75) is 19.5 Å². The molecule has 1 N–H and O–H groups in total. The normalized spacial score (nSPS) is 12.4. The molecule has 6 nitrogen and oxygen atoms in total. The van der Waals surface area contributed by atoms with E-state index >= 15 is 0 Å². The third-order valence-electron chi connectivity index (χ3n) is 2.71. The minimum absolute atomic E-state index is 0.198. The average molecular weight is 247 g/mol. The van der Waals surface area contributed by atoms with Crippen molar-refractivity contribution in [2.24, 2.45) is 7.05 Å². The van der Waals surface area contributed by atoms with Crippen LogP contribution >= 0.6 is 0 Å². The van der Waals surface area contributed by atoms with Crippen molar-refractivity contribution in [3.63, 3.8) is 0 Å². The van der Waals surface area contributed by atoms with Crippen molar-refractivity contribution in [3.05, 3.63) is 35.7 Å². The van der Waals surface area contributed by atoms with Crippen molar-refractivity contribution in [2.75, 3.05) is 7.11 Å². The van der Waals surface area contributed by atoms with Gasteiger partial charge in [-0.25, -0.2) is 0 Å². The Labute approximate surface area is 106 Å². The molecule has 1 atom stereocenters. The van der Waals surface area contributed by atoms with Crippen LogP contribution in [-0.2, 0) is 13.6 Å². The first kappa shape index (κ1) is 12.5. The third kappa shape index (κ3) is 3.04. The SMILES string of the molecule is COc1cccc([C@@H](C)NCc2nnn(C)n2)c1. The van der Waals surface area contributed by atoms with Crippen LogP contribution in [0, 0.1) is 0 Å². The largest absolute Gasteiger partial charge is 0.497 e. The molecule has 0 spiro atoms. The summed E-state index contributed by atoms with van der Waals surface area (Å²) < 4.78 is 5.21. The molecule has 6 heteroatoms. The third-order valence-corrected chi connectivity index (χ3v) is 2.71. The molecule has 1 aromatic carbocycles. The highest BCUT2D eigenvalue weighted by atomic mass is 16.5. The number of ether oxygens (including phenoxy) is 1. The maximum atomic E-state index is 5.21. The molecule has 1 aromatic heterocycles. The quantitative estimate of drug-likeness (QED) is 0.856. The topological polar surface area (TPSA) is 64.9 Å². The van der Waals surface area contributed by atoms with E-state index in [1.165, 1.54) is 10.4 Å². The molecule has 0 bridgehead atoms. The Kier molecular flexibility index (Phi) is 3.88. The molecule has 96 valence electrons. The molecule has 0 amide bonds. The zero-order chi connectivity index (χ0) is 13.0. The van der Waals surface area contributed by atoms with Gasteiger partial charge in [-0.1, -0.05) is 12.1 Å². The van der Waals surface area contributed by atoms with Crippen LogP contribution in [0.4, 0.5) is 0 Å². The van der Waals surface area contributed by atoms with Gasteiger partial charge in [0.1, 0.15) is 5.75 Å². The van der Waals surface area contributed by atoms with E-state index in [2.05, 4.69) is 33.7 Å². The van der Waals surface area contributed by atoms with Crippen LogP contribution in [-0.4, -0.2) is 27.3 Å². The Bertz CT molecular complexity index is 511. The number of nitrogens with one attached hydrogen (secondary N) is 1. The molecule has 2 rings (SSSR count). The fraction of sp³-hybridized carbons (Fsp3) is 0.417. The molecule has 0 saturated carbocycles. The Morgan fingerprint density at radius 2 is 2.28 bits per heavy atom. The van der Waals surface area contributed by atoms with Gasteiger partial charge < -0.3 is 10.1 Å². The van der Waals surface area contributed by atoms with Crippen LogP contribution in [0.25, 0.3) is 0 Å². The first-order valence-corrected chi connectivity index (χ1v) is 5.79. The first-order valence-electron chi connectivity index (χ1n) is 5.79. The summed E-state index contributed by atoms with van der Waals surface area (Å²) >= 11 is 0. The second-order valence-electron chi connectivity index (χ2n) is 4.07. The number of tetrazole rings is 1. The number of aromatic nitrogens is 4. The summed E-state index contributed by atoms with van der Waals surface area (Å²) in [6, 6.07) is 8.18. The predicted molar refractivity (Wildman–Crippen MR) is 67.0 cm³/mol. The van der Waals surface area contributed by atoms with Crippen molar-refractivity contribution in [3.8, 4) is 5.75 Å². The fourth-order valence-electron chi connectivity index (χ4n) is 1.67. The Morgan fingerprint density at radius 3 is 2.94 bits per heavy atom. The summed E-state index contributed by atoms with van der Waals surface area (Å²) in [7, 11) is 3.42. The van der Waals surface area contributed by atoms with Gasteiger partial charge in [-0.3, -0.25) is 0 Å². The van der Waals surface area contributed by atoms with Gasteiger partial charge in [0, 0.05) is 6.04 Å². The molecule has 0 aliphatic rings. The lowest BCUT2D eigenvalue weighted by atomic mass is 10.1. The van der Waals surface area contributed by atoms with Crippen molar-refractivity contribution in [1.82, 2.24) is 25.5 Å². The highest BCUT2D eigenvalue weighted by molar-refractivity contribution is 5.30. The lowest BCUT2D eigenvalue weighted by Crippen LogP contribution is -2.19. The van der Waals surface area contributed by atoms with E-state index in [9.17, 15) is 0 Å². The maximum absolute atomic E-state index is 5.21. The Balaban J connectivity index is 1.96. The highest BCUT2D eigenvalue weighted by Gasteiger charge is 2.07. The average Bonchev–Trinajstić information content (AvgIpc) is 2.82. The molecule has 0 fully saturated rings. The minimum atomic E-state index is 0.198. The lowest BCUT2D eigenvalue weighted by molar-refractivity contribution is 0.413. The van der Waals surface area contributed by atoms with E-state index in [4.69, 9.17) is 4.74 Å². The van der Waals surface area contributed by atoms with Crippen molar-refractivity contribution >= 4 is 0 Å². The molecule has 0 aliphatic carbocycles. The second kappa shape index (κ2) is 5.59. The number of nitrogens with zero attached hydrogens (tertiary/aromatic N) is 4. The fourth-order valence-corrected chi connectivity index (χ4v) is 1.67. The molecular weight excluding hydrogens is 230 g/mol. The van der Waals surface area contributed by atoms with E-state index in [1.54, 1.807) is 14.2 Å². The van der Waals surface area contributed by atoms with Gasteiger partial charge in [0.2, 0.25) is 0 Å². The molecular formula is C12H17N5O. The number of hydrogen-bond donors (Lipinski definition) is 1. The molecule has 2 aromatic rings. The monoisotopic (exact) mass is 247 g/mol. The molecule has 18 heavy (non-hydrogen) atoms. The summed E-state index contributed by atoms with van der Waals surface area (Å²) in [5.41, 5.74) is 1.17. The van der Waals surface area contributed by atoms with E-state index in [0.29, 0.717) is 12.4 Å². The summed E-state index contributed by atoms with van der Waals surface area (Å²) in [5.74, 6) is 1.55. The number of methoxy groups -OCH3 is 1.